The molecule has 0 atom stereocenters. The predicted octanol–water partition coefficient (Wildman–Crippen LogP) is 4.43. The van der Waals surface area contributed by atoms with Crippen molar-refractivity contribution < 1.29 is 18.7 Å². The van der Waals surface area contributed by atoms with E-state index in [0.717, 1.165) is 35.0 Å². The number of hydrogen-bond acceptors (Lipinski definition) is 5. The second-order valence-corrected chi connectivity index (χ2v) is 8.35. The Bertz CT molecular complexity index is 1010. The van der Waals surface area contributed by atoms with Gasteiger partial charge in [0, 0.05) is 43.9 Å². The molecule has 0 saturated carbocycles. The van der Waals surface area contributed by atoms with Gasteiger partial charge in [-0.25, -0.2) is 4.39 Å². The van der Waals surface area contributed by atoms with Crippen LogP contribution in [0.15, 0.2) is 60.0 Å². The predicted molar refractivity (Wildman–Crippen MR) is 119 cm³/mol. The minimum Gasteiger partial charge on any atom is -0.497 e. The molecule has 1 aromatic heterocycles. The van der Waals surface area contributed by atoms with Crippen LogP contribution in [-0.2, 0) is 13.2 Å². The summed E-state index contributed by atoms with van der Waals surface area (Å²) in [7, 11) is 1.63. The largest absolute Gasteiger partial charge is 0.497 e. The van der Waals surface area contributed by atoms with Gasteiger partial charge in [-0.1, -0.05) is 18.2 Å². The molecule has 1 aliphatic rings. The van der Waals surface area contributed by atoms with Gasteiger partial charge in [-0.15, -0.1) is 11.3 Å². The fourth-order valence-corrected chi connectivity index (χ4v) is 4.40. The second kappa shape index (κ2) is 9.94. The number of thiophene rings is 1. The molecule has 0 N–H and O–H groups in total. The van der Waals surface area contributed by atoms with Crippen LogP contribution in [0.4, 0.5) is 4.39 Å². The summed E-state index contributed by atoms with van der Waals surface area (Å²) < 4.78 is 24.8. The lowest BCUT2D eigenvalue weighted by Gasteiger charge is -2.34. The van der Waals surface area contributed by atoms with Crippen LogP contribution in [0.25, 0.3) is 0 Å². The van der Waals surface area contributed by atoms with Gasteiger partial charge in [-0.05, 0) is 41.8 Å². The Morgan fingerprint density at radius 2 is 1.74 bits per heavy atom. The molecule has 0 radical (unpaired) electrons. The standard InChI is InChI=1S/C24H25FN2O3S/c1-29-20-6-8-21(9-7-20)30-16-18-14-23(31-17-18)24(28)27-12-10-26(11-13-27)15-19-4-2-3-5-22(19)25/h2-9,14,17H,10-13,15-16H2,1H3. The lowest BCUT2D eigenvalue weighted by Crippen LogP contribution is -2.48. The van der Waals surface area contributed by atoms with Crippen LogP contribution in [0, 0.1) is 5.82 Å². The molecule has 2 heterocycles. The molecule has 1 amide bonds. The van der Waals surface area contributed by atoms with E-state index in [0.29, 0.717) is 31.8 Å². The number of methoxy groups -OCH3 is 1. The minimum absolute atomic E-state index is 0.0474. The maximum Gasteiger partial charge on any atom is 0.264 e. The molecule has 4 rings (SSSR count). The zero-order chi connectivity index (χ0) is 21.6. The van der Waals surface area contributed by atoms with Crippen LogP contribution in [0.1, 0.15) is 20.8 Å². The van der Waals surface area contributed by atoms with Crippen molar-refractivity contribution in [3.63, 3.8) is 0 Å². The van der Waals surface area contributed by atoms with Crippen LogP contribution >= 0.6 is 11.3 Å². The highest BCUT2D eigenvalue weighted by molar-refractivity contribution is 7.12. The van der Waals surface area contributed by atoms with Crippen molar-refractivity contribution in [2.75, 3.05) is 33.3 Å². The van der Waals surface area contributed by atoms with Gasteiger partial charge in [-0.3, -0.25) is 9.69 Å². The Labute approximate surface area is 185 Å². The Morgan fingerprint density at radius 3 is 2.45 bits per heavy atom. The van der Waals surface area contributed by atoms with Crippen LogP contribution in [-0.4, -0.2) is 49.0 Å². The molecule has 0 bridgehead atoms. The van der Waals surface area contributed by atoms with Crippen molar-refractivity contribution in [2.24, 2.45) is 0 Å². The molecule has 1 fully saturated rings. The molecule has 1 saturated heterocycles. The Balaban J connectivity index is 1.27. The summed E-state index contributed by atoms with van der Waals surface area (Å²) in [6.45, 7) is 3.73. The van der Waals surface area contributed by atoms with E-state index in [4.69, 9.17) is 9.47 Å². The average Bonchev–Trinajstić information content (AvgIpc) is 3.29. The van der Waals surface area contributed by atoms with Gasteiger partial charge in [0.15, 0.2) is 0 Å². The first-order valence-electron chi connectivity index (χ1n) is 10.2. The summed E-state index contributed by atoms with van der Waals surface area (Å²) >= 11 is 1.44. The van der Waals surface area contributed by atoms with Crippen molar-refractivity contribution in [1.29, 1.82) is 0 Å². The smallest absolute Gasteiger partial charge is 0.264 e. The third-order valence-corrected chi connectivity index (χ3v) is 6.31. The third-order valence-electron chi connectivity index (χ3n) is 5.34. The summed E-state index contributed by atoms with van der Waals surface area (Å²) in [5.41, 5.74) is 1.67. The van der Waals surface area contributed by atoms with E-state index >= 15 is 0 Å². The molecule has 7 heteroatoms. The number of hydrogen-bond donors (Lipinski definition) is 0. The van der Waals surface area contributed by atoms with Gasteiger partial charge >= 0.3 is 0 Å². The summed E-state index contributed by atoms with van der Waals surface area (Å²) in [6, 6.07) is 16.2. The summed E-state index contributed by atoms with van der Waals surface area (Å²) in [5.74, 6) is 1.41. The molecule has 1 aliphatic heterocycles. The second-order valence-electron chi connectivity index (χ2n) is 7.44. The quantitative estimate of drug-likeness (QED) is 0.545. The molecule has 0 aliphatic carbocycles. The minimum atomic E-state index is -0.177. The normalized spacial score (nSPS) is 14.5. The highest BCUT2D eigenvalue weighted by Gasteiger charge is 2.23. The number of amides is 1. The van der Waals surface area contributed by atoms with Crippen molar-refractivity contribution in [1.82, 2.24) is 9.80 Å². The van der Waals surface area contributed by atoms with Crippen LogP contribution in [0.2, 0.25) is 0 Å². The molecule has 162 valence electrons. The first-order chi connectivity index (χ1) is 15.1. The number of carbonyl (C=O) groups excluding carboxylic acids is 1. The van der Waals surface area contributed by atoms with Gasteiger partial charge in [0.05, 0.1) is 12.0 Å². The maximum absolute atomic E-state index is 13.9. The monoisotopic (exact) mass is 440 g/mol. The molecule has 3 aromatic rings. The zero-order valence-electron chi connectivity index (χ0n) is 17.4. The summed E-state index contributed by atoms with van der Waals surface area (Å²) in [5, 5.41) is 1.96. The van der Waals surface area contributed by atoms with E-state index < -0.39 is 0 Å². The molecular formula is C24H25FN2O3S. The fraction of sp³-hybridized carbons (Fsp3) is 0.292. The average molecular weight is 441 g/mol. The first kappa shape index (κ1) is 21.3. The Kier molecular flexibility index (Phi) is 6.84. The lowest BCUT2D eigenvalue weighted by atomic mass is 10.2. The number of piperazine rings is 1. The van der Waals surface area contributed by atoms with Crippen molar-refractivity contribution in [3.8, 4) is 11.5 Å². The molecule has 31 heavy (non-hydrogen) atoms. The Morgan fingerprint density at radius 1 is 1.03 bits per heavy atom. The van der Waals surface area contributed by atoms with Gasteiger partial charge in [-0.2, -0.15) is 0 Å². The van der Waals surface area contributed by atoms with E-state index in [2.05, 4.69) is 4.90 Å². The molecular weight excluding hydrogens is 415 g/mol. The molecule has 0 spiro atoms. The van der Waals surface area contributed by atoms with Crippen LogP contribution in [0.5, 0.6) is 11.5 Å². The number of benzene rings is 2. The number of carbonyl (C=O) groups is 1. The Hall–Kier alpha value is -2.90. The number of ether oxygens (including phenoxy) is 2. The number of halogens is 1. The number of nitrogens with zero attached hydrogens (tertiary/aromatic N) is 2. The van der Waals surface area contributed by atoms with E-state index in [1.54, 1.807) is 13.2 Å². The van der Waals surface area contributed by atoms with E-state index in [1.807, 2.05) is 52.7 Å². The number of rotatable bonds is 7. The SMILES string of the molecule is COc1ccc(OCc2csc(C(=O)N3CCN(Cc4ccccc4F)CC3)c2)cc1. The van der Waals surface area contributed by atoms with Crippen molar-refractivity contribution in [2.45, 2.75) is 13.2 Å². The van der Waals surface area contributed by atoms with E-state index in [1.165, 1.54) is 17.4 Å². The van der Waals surface area contributed by atoms with Gasteiger partial charge < -0.3 is 14.4 Å². The fourth-order valence-electron chi connectivity index (χ4n) is 3.53. The summed E-state index contributed by atoms with van der Waals surface area (Å²) in [4.78, 5) is 17.7. The van der Waals surface area contributed by atoms with Crippen molar-refractivity contribution in [3.05, 3.63) is 81.8 Å². The zero-order valence-corrected chi connectivity index (χ0v) is 18.2. The first-order valence-corrected chi connectivity index (χ1v) is 11.1. The van der Waals surface area contributed by atoms with Crippen LogP contribution < -0.4 is 9.47 Å². The maximum atomic E-state index is 13.9. The van der Waals surface area contributed by atoms with Gasteiger partial charge in [0.2, 0.25) is 0 Å². The lowest BCUT2D eigenvalue weighted by molar-refractivity contribution is 0.0631. The highest BCUT2D eigenvalue weighted by atomic mass is 32.1. The van der Waals surface area contributed by atoms with Crippen molar-refractivity contribution >= 4 is 17.2 Å². The highest BCUT2D eigenvalue weighted by Crippen LogP contribution is 2.22. The molecule has 0 unspecified atom stereocenters. The molecule has 2 aromatic carbocycles. The van der Waals surface area contributed by atoms with Gasteiger partial charge in [0.1, 0.15) is 23.9 Å². The topological polar surface area (TPSA) is 42.0 Å². The molecule has 5 nitrogen and oxygen atoms in total. The van der Waals surface area contributed by atoms with Crippen LogP contribution in [0.3, 0.4) is 0 Å². The summed E-state index contributed by atoms with van der Waals surface area (Å²) in [6.07, 6.45) is 0. The van der Waals surface area contributed by atoms with E-state index in [9.17, 15) is 9.18 Å². The van der Waals surface area contributed by atoms with Gasteiger partial charge in [0.25, 0.3) is 5.91 Å². The third kappa shape index (κ3) is 5.42. The van der Waals surface area contributed by atoms with E-state index in [-0.39, 0.29) is 11.7 Å².